The van der Waals surface area contributed by atoms with E-state index >= 15 is 0 Å². The smallest absolute Gasteiger partial charge is 0.242 e. The summed E-state index contributed by atoms with van der Waals surface area (Å²) in [6.45, 7) is 1.76. The second-order valence-electron chi connectivity index (χ2n) is 8.31. The van der Waals surface area contributed by atoms with Gasteiger partial charge in [0.25, 0.3) is 0 Å². The molecule has 2 atom stereocenters. The summed E-state index contributed by atoms with van der Waals surface area (Å²) in [5.41, 5.74) is 2.77. The van der Waals surface area contributed by atoms with Crippen LogP contribution in [0.25, 0.3) is 22.0 Å². The third kappa shape index (κ3) is 4.46. The molecule has 8 heteroatoms. The molecule has 2 saturated heterocycles. The molecule has 2 amide bonds. The minimum Gasteiger partial charge on any atom is -0.309 e. The number of pyridine rings is 2. The van der Waals surface area contributed by atoms with E-state index in [0.29, 0.717) is 11.6 Å². The van der Waals surface area contributed by atoms with Gasteiger partial charge in [0.2, 0.25) is 11.8 Å². The summed E-state index contributed by atoms with van der Waals surface area (Å²) in [4.78, 5) is 33.5. The lowest BCUT2D eigenvalue weighted by Crippen LogP contribution is -2.35. The minimum absolute atomic E-state index is 0.0343. The highest BCUT2D eigenvalue weighted by Crippen LogP contribution is 2.25. The van der Waals surface area contributed by atoms with Crippen LogP contribution in [-0.2, 0) is 9.59 Å². The summed E-state index contributed by atoms with van der Waals surface area (Å²) in [6, 6.07) is 13.3. The van der Waals surface area contributed by atoms with E-state index in [1.54, 1.807) is 6.20 Å². The van der Waals surface area contributed by atoms with Crippen molar-refractivity contribution in [2.45, 2.75) is 37.8 Å². The number of benzene rings is 1. The molecule has 2 aliphatic rings. The molecule has 4 heterocycles. The van der Waals surface area contributed by atoms with Gasteiger partial charge >= 0.3 is 0 Å². The maximum atomic E-state index is 12.3. The molecule has 2 fully saturated rings. The van der Waals surface area contributed by atoms with Crippen molar-refractivity contribution in [1.82, 2.24) is 20.6 Å². The number of carbonyl (C=O) groups excluding carboxylic acids is 2. The van der Waals surface area contributed by atoms with Crippen LogP contribution < -0.4 is 21.3 Å². The standard InChI is InChI=1S/C24H26N6O2/c31-23(19-3-1-11-25-19)29-21-9-7-17(14-27-21)15-5-8-18-16(13-15)6-10-22(28-18)30-24(32)20-4-2-12-26-20/h5-10,13-14,19-20,25-26H,1-4,11-12H2,(H,27,29,31)(H,28,30,32)/t19-,20-/m0/s1. The van der Waals surface area contributed by atoms with Crippen molar-refractivity contribution in [1.29, 1.82) is 0 Å². The predicted molar refractivity (Wildman–Crippen MR) is 124 cm³/mol. The first-order chi connectivity index (χ1) is 15.7. The number of nitrogens with one attached hydrogen (secondary N) is 4. The van der Waals surface area contributed by atoms with Crippen LogP contribution >= 0.6 is 0 Å². The largest absolute Gasteiger partial charge is 0.309 e. The van der Waals surface area contributed by atoms with Crippen LogP contribution in [-0.4, -0.2) is 47.0 Å². The van der Waals surface area contributed by atoms with Gasteiger partial charge in [0.15, 0.2) is 0 Å². The molecule has 0 aliphatic carbocycles. The molecule has 2 aliphatic heterocycles. The highest BCUT2D eigenvalue weighted by atomic mass is 16.2. The number of nitrogens with zero attached hydrogens (tertiary/aromatic N) is 2. The number of aromatic nitrogens is 2. The molecule has 32 heavy (non-hydrogen) atoms. The summed E-state index contributed by atoms with van der Waals surface area (Å²) in [7, 11) is 0. The number of hydrogen-bond acceptors (Lipinski definition) is 6. The van der Waals surface area contributed by atoms with E-state index in [4.69, 9.17) is 0 Å². The zero-order chi connectivity index (χ0) is 21.9. The number of fused-ring (bicyclic) bond motifs is 1. The fourth-order valence-electron chi connectivity index (χ4n) is 4.26. The quantitative estimate of drug-likeness (QED) is 0.496. The maximum Gasteiger partial charge on any atom is 0.242 e. The highest BCUT2D eigenvalue weighted by molar-refractivity contribution is 5.96. The Morgan fingerprint density at radius 3 is 2.09 bits per heavy atom. The van der Waals surface area contributed by atoms with E-state index in [9.17, 15) is 9.59 Å². The molecular formula is C24H26N6O2. The van der Waals surface area contributed by atoms with E-state index < -0.39 is 0 Å². The molecule has 8 nitrogen and oxygen atoms in total. The normalized spacial score (nSPS) is 20.4. The lowest BCUT2D eigenvalue weighted by atomic mass is 10.0. The second kappa shape index (κ2) is 9.02. The summed E-state index contributed by atoms with van der Waals surface area (Å²) in [5.74, 6) is 1.04. The molecule has 1 aromatic carbocycles. The van der Waals surface area contributed by atoms with Gasteiger partial charge in [0, 0.05) is 17.1 Å². The Kier molecular flexibility index (Phi) is 5.79. The first-order valence-electron chi connectivity index (χ1n) is 11.1. The summed E-state index contributed by atoms with van der Waals surface area (Å²) in [6.07, 6.45) is 5.52. The Morgan fingerprint density at radius 1 is 0.812 bits per heavy atom. The molecule has 0 bridgehead atoms. The molecule has 5 rings (SSSR count). The highest BCUT2D eigenvalue weighted by Gasteiger charge is 2.23. The number of hydrogen-bond donors (Lipinski definition) is 4. The van der Waals surface area contributed by atoms with Crippen LogP contribution in [0.4, 0.5) is 11.6 Å². The van der Waals surface area contributed by atoms with Gasteiger partial charge in [-0.1, -0.05) is 6.07 Å². The fraction of sp³-hybridized carbons (Fsp3) is 0.333. The van der Waals surface area contributed by atoms with Crippen LogP contribution in [0.5, 0.6) is 0 Å². The van der Waals surface area contributed by atoms with Gasteiger partial charge in [-0.15, -0.1) is 0 Å². The van der Waals surface area contributed by atoms with Crippen molar-refractivity contribution >= 4 is 34.4 Å². The molecule has 0 spiro atoms. The van der Waals surface area contributed by atoms with E-state index in [2.05, 4.69) is 31.2 Å². The average molecular weight is 431 g/mol. The topological polar surface area (TPSA) is 108 Å². The van der Waals surface area contributed by atoms with Crippen molar-refractivity contribution in [2.24, 2.45) is 0 Å². The number of carbonyl (C=O) groups is 2. The number of rotatable bonds is 5. The van der Waals surface area contributed by atoms with E-state index in [0.717, 1.165) is 60.8 Å². The fourth-order valence-corrected chi connectivity index (χ4v) is 4.26. The molecule has 2 aromatic heterocycles. The number of anilines is 2. The predicted octanol–water partition coefficient (Wildman–Crippen LogP) is 2.68. The van der Waals surface area contributed by atoms with E-state index in [-0.39, 0.29) is 23.9 Å². The van der Waals surface area contributed by atoms with Gasteiger partial charge in [-0.3, -0.25) is 9.59 Å². The molecule has 0 saturated carbocycles. The van der Waals surface area contributed by atoms with Gasteiger partial charge in [-0.05, 0) is 80.7 Å². The van der Waals surface area contributed by atoms with Crippen LogP contribution in [0, 0.1) is 0 Å². The average Bonchev–Trinajstić information content (AvgIpc) is 3.54. The van der Waals surface area contributed by atoms with Crippen molar-refractivity contribution in [2.75, 3.05) is 23.7 Å². The van der Waals surface area contributed by atoms with Crippen molar-refractivity contribution in [3.63, 3.8) is 0 Å². The van der Waals surface area contributed by atoms with Crippen LogP contribution in [0.2, 0.25) is 0 Å². The molecule has 4 N–H and O–H groups in total. The lowest BCUT2D eigenvalue weighted by Gasteiger charge is -2.12. The SMILES string of the molecule is O=C(Nc1ccc(-c2ccc3nc(NC(=O)[C@@H]4CCCN4)ccc3c2)cn1)[C@@H]1CCCN1. The molecule has 0 unspecified atom stereocenters. The Balaban J connectivity index is 1.27. The summed E-state index contributed by atoms with van der Waals surface area (Å²) >= 11 is 0. The van der Waals surface area contributed by atoms with Crippen molar-refractivity contribution in [3.8, 4) is 11.1 Å². The Hall–Kier alpha value is -3.36. The van der Waals surface area contributed by atoms with E-state index in [1.807, 2.05) is 42.5 Å². The van der Waals surface area contributed by atoms with Gasteiger partial charge in [0.05, 0.1) is 17.6 Å². The van der Waals surface area contributed by atoms with Crippen LogP contribution in [0.3, 0.4) is 0 Å². The summed E-state index contributed by atoms with van der Waals surface area (Å²) in [5, 5.41) is 13.1. The van der Waals surface area contributed by atoms with Crippen molar-refractivity contribution < 1.29 is 9.59 Å². The Morgan fingerprint density at radius 2 is 1.47 bits per heavy atom. The van der Waals surface area contributed by atoms with Crippen molar-refractivity contribution in [3.05, 3.63) is 48.7 Å². The molecule has 0 radical (unpaired) electrons. The van der Waals surface area contributed by atoms with Crippen LogP contribution in [0.1, 0.15) is 25.7 Å². The van der Waals surface area contributed by atoms with Crippen LogP contribution in [0.15, 0.2) is 48.7 Å². The Labute approximate surface area is 186 Å². The third-order valence-corrected chi connectivity index (χ3v) is 6.04. The van der Waals surface area contributed by atoms with Gasteiger partial charge in [0.1, 0.15) is 11.6 Å². The third-order valence-electron chi connectivity index (χ3n) is 6.04. The first-order valence-corrected chi connectivity index (χ1v) is 11.1. The van der Waals surface area contributed by atoms with Gasteiger partial charge < -0.3 is 21.3 Å². The monoisotopic (exact) mass is 430 g/mol. The van der Waals surface area contributed by atoms with E-state index in [1.165, 1.54) is 0 Å². The first kappa shape index (κ1) is 20.5. The maximum absolute atomic E-state index is 12.3. The molecule has 164 valence electrons. The zero-order valence-corrected chi connectivity index (χ0v) is 17.7. The summed E-state index contributed by atoms with van der Waals surface area (Å²) < 4.78 is 0. The molecular weight excluding hydrogens is 404 g/mol. The second-order valence-corrected chi connectivity index (χ2v) is 8.31. The zero-order valence-electron chi connectivity index (χ0n) is 17.7. The minimum atomic E-state index is -0.135. The molecule has 3 aromatic rings. The van der Waals surface area contributed by atoms with Gasteiger partial charge in [-0.2, -0.15) is 0 Å². The van der Waals surface area contributed by atoms with Gasteiger partial charge in [-0.25, -0.2) is 9.97 Å². The number of amides is 2. The Bertz CT molecular complexity index is 1130. The lowest BCUT2D eigenvalue weighted by molar-refractivity contribution is -0.118.